The van der Waals surface area contributed by atoms with Gasteiger partial charge in [0.1, 0.15) is 18.2 Å². The smallest absolute Gasteiger partial charge is 0.256 e. The highest BCUT2D eigenvalue weighted by Gasteiger charge is 2.23. The molecule has 0 fully saturated rings. The fraction of sp³-hybridized carbons (Fsp3) is 0.0455. The molecule has 1 aliphatic heterocycles. The largest absolute Gasteiger partial charge is 0.488 e. The number of amides is 1. The predicted octanol–water partition coefficient (Wildman–Crippen LogP) is 4.90. The lowest BCUT2D eigenvalue weighted by atomic mass is 10.0. The van der Waals surface area contributed by atoms with E-state index in [0.29, 0.717) is 11.3 Å². The van der Waals surface area contributed by atoms with Crippen molar-refractivity contribution < 1.29 is 13.9 Å². The Balaban J connectivity index is 1.63. The van der Waals surface area contributed by atoms with Crippen LogP contribution in [0.1, 0.15) is 16.7 Å². The van der Waals surface area contributed by atoms with E-state index in [1.165, 1.54) is 12.1 Å². The third kappa shape index (κ3) is 3.22. The van der Waals surface area contributed by atoms with Crippen molar-refractivity contribution >= 4 is 23.2 Å². The van der Waals surface area contributed by atoms with Crippen LogP contribution in [0.5, 0.6) is 5.75 Å². The third-order valence-electron chi connectivity index (χ3n) is 4.21. The lowest BCUT2D eigenvalue weighted by molar-refractivity contribution is -0.110. The van der Waals surface area contributed by atoms with Crippen LogP contribution in [0.2, 0.25) is 0 Å². The first-order chi connectivity index (χ1) is 12.7. The minimum Gasteiger partial charge on any atom is -0.488 e. The van der Waals surface area contributed by atoms with Gasteiger partial charge in [0.15, 0.2) is 0 Å². The van der Waals surface area contributed by atoms with Crippen molar-refractivity contribution in [3.8, 4) is 5.75 Å². The molecule has 0 unspecified atom stereocenters. The predicted molar refractivity (Wildman–Crippen MR) is 100 cm³/mol. The number of fused-ring (bicyclic) bond motifs is 1. The summed E-state index contributed by atoms with van der Waals surface area (Å²) in [6, 6.07) is 21.4. The molecule has 0 bridgehead atoms. The summed E-state index contributed by atoms with van der Waals surface area (Å²) >= 11 is 0. The number of rotatable bonds is 4. The molecule has 3 nitrogen and oxygen atoms in total. The Morgan fingerprint density at radius 3 is 2.65 bits per heavy atom. The molecule has 4 heteroatoms. The minimum atomic E-state index is -0.291. The summed E-state index contributed by atoms with van der Waals surface area (Å²) in [6.45, 7) is 0.251. The second-order valence-corrected chi connectivity index (χ2v) is 6.01. The molecule has 0 aliphatic carbocycles. The zero-order valence-electron chi connectivity index (χ0n) is 13.9. The number of anilines is 1. The molecular weight excluding hydrogens is 329 g/mol. The number of hydrogen-bond donors (Lipinski definition) is 1. The zero-order chi connectivity index (χ0) is 17.9. The van der Waals surface area contributed by atoms with Crippen LogP contribution >= 0.6 is 0 Å². The Morgan fingerprint density at radius 1 is 0.962 bits per heavy atom. The lowest BCUT2D eigenvalue weighted by Gasteiger charge is -2.10. The van der Waals surface area contributed by atoms with E-state index in [-0.39, 0.29) is 18.3 Å². The van der Waals surface area contributed by atoms with Crippen LogP contribution < -0.4 is 10.1 Å². The lowest BCUT2D eigenvalue weighted by Crippen LogP contribution is -2.04. The molecule has 1 heterocycles. The Kier molecular flexibility index (Phi) is 4.23. The molecule has 0 saturated heterocycles. The molecule has 1 aliphatic rings. The maximum atomic E-state index is 13.3. The van der Waals surface area contributed by atoms with Gasteiger partial charge >= 0.3 is 0 Å². The molecular formula is C22H16FNO2. The number of nitrogens with one attached hydrogen (secondary N) is 1. The molecule has 3 aromatic rings. The van der Waals surface area contributed by atoms with Gasteiger partial charge in [-0.2, -0.15) is 0 Å². The Labute approximate surface area is 150 Å². The molecule has 0 spiro atoms. The monoisotopic (exact) mass is 345 g/mol. The molecule has 4 rings (SSSR count). The number of hydrogen-bond acceptors (Lipinski definition) is 2. The van der Waals surface area contributed by atoms with Crippen LogP contribution in [0, 0.1) is 5.82 Å². The van der Waals surface area contributed by atoms with Crippen molar-refractivity contribution in [1.82, 2.24) is 0 Å². The highest BCUT2D eigenvalue weighted by atomic mass is 19.1. The van der Waals surface area contributed by atoms with Gasteiger partial charge in [0, 0.05) is 22.4 Å². The van der Waals surface area contributed by atoms with Crippen LogP contribution in [0.15, 0.2) is 72.8 Å². The third-order valence-corrected chi connectivity index (χ3v) is 4.21. The van der Waals surface area contributed by atoms with Crippen LogP contribution in [0.3, 0.4) is 0 Å². The molecule has 26 heavy (non-hydrogen) atoms. The van der Waals surface area contributed by atoms with Crippen molar-refractivity contribution in [2.75, 3.05) is 5.32 Å². The fourth-order valence-electron chi connectivity index (χ4n) is 2.96. The van der Waals surface area contributed by atoms with E-state index in [9.17, 15) is 9.18 Å². The van der Waals surface area contributed by atoms with Crippen LogP contribution in [0.25, 0.3) is 11.6 Å². The van der Waals surface area contributed by atoms with Crippen molar-refractivity contribution in [1.29, 1.82) is 0 Å². The van der Waals surface area contributed by atoms with E-state index in [2.05, 4.69) is 5.32 Å². The fourth-order valence-corrected chi connectivity index (χ4v) is 2.96. The molecule has 0 atom stereocenters. The number of halogens is 1. The quantitative estimate of drug-likeness (QED) is 0.683. The molecule has 128 valence electrons. The SMILES string of the molecule is O=C1Nc2ccccc2/C1=C/c1ccccc1OCc1cccc(F)c1. The number of carbonyl (C=O) groups excluding carboxylic acids is 1. The average Bonchev–Trinajstić information content (AvgIpc) is 2.97. The van der Waals surface area contributed by atoms with Crippen LogP contribution in [-0.4, -0.2) is 5.91 Å². The number of benzene rings is 3. The van der Waals surface area contributed by atoms with Crippen molar-refractivity contribution in [3.63, 3.8) is 0 Å². The Morgan fingerprint density at radius 2 is 1.77 bits per heavy atom. The van der Waals surface area contributed by atoms with Crippen molar-refractivity contribution in [2.45, 2.75) is 6.61 Å². The number of para-hydroxylation sites is 2. The first kappa shape index (κ1) is 16.1. The highest BCUT2D eigenvalue weighted by molar-refractivity contribution is 6.35. The van der Waals surface area contributed by atoms with E-state index >= 15 is 0 Å². The molecule has 1 N–H and O–H groups in total. The maximum absolute atomic E-state index is 13.3. The van der Waals surface area contributed by atoms with Crippen molar-refractivity contribution in [2.24, 2.45) is 0 Å². The first-order valence-corrected chi connectivity index (χ1v) is 8.29. The standard InChI is InChI=1S/C22H16FNO2/c23-17-8-5-6-15(12-17)14-26-21-11-4-1-7-16(21)13-19-18-9-2-3-10-20(18)24-22(19)25/h1-13H,14H2,(H,24,25)/b19-13-. The minimum absolute atomic E-state index is 0.133. The van der Waals surface area contributed by atoms with Crippen LogP contribution in [-0.2, 0) is 11.4 Å². The summed E-state index contributed by atoms with van der Waals surface area (Å²) in [4.78, 5) is 12.3. The molecule has 3 aromatic carbocycles. The molecule has 0 aromatic heterocycles. The van der Waals surface area contributed by atoms with E-state index < -0.39 is 0 Å². The van der Waals surface area contributed by atoms with Crippen molar-refractivity contribution in [3.05, 3.63) is 95.3 Å². The van der Waals surface area contributed by atoms with Gasteiger partial charge in [-0.25, -0.2) is 4.39 Å². The topological polar surface area (TPSA) is 38.3 Å². The van der Waals surface area contributed by atoms with E-state index in [4.69, 9.17) is 4.74 Å². The summed E-state index contributed by atoms with van der Waals surface area (Å²) < 4.78 is 19.2. The molecule has 1 amide bonds. The number of ether oxygens (including phenoxy) is 1. The second-order valence-electron chi connectivity index (χ2n) is 6.01. The molecule has 0 saturated carbocycles. The van der Waals surface area contributed by atoms with Gasteiger partial charge in [0.25, 0.3) is 5.91 Å². The van der Waals surface area contributed by atoms with Gasteiger partial charge in [-0.3, -0.25) is 4.79 Å². The Bertz CT molecular complexity index is 1010. The van der Waals surface area contributed by atoms with Gasteiger partial charge in [0.05, 0.1) is 0 Å². The highest BCUT2D eigenvalue weighted by Crippen LogP contribution is 2.34. The summed E-state index contributed by atoms with van der Waals surface area (Å²) in [6.07, 6.45) is 1.82. The summed E-state index contributed by atoms with van der Waals surface area (Å²) in [5.41, 5.74) is 3.82. The number of carbonyl (C=O) groups is 1. The first-order valence-electron chi connectivity index (χ1n) is 8.29. The van der Waals surface area contributed by atoms with Gasteiger partial charge in [-0.15, -0.1) is 0 Å². The van der Waals surface area contributed by atoms with Gasteiger partial charge in [-0.05, 0) is 35.9 Å². The van der Waals surface area contributed by atoms with Gasteiger partial charge in [0.2, 0.25) is 0 Å². The summed E-state index contributed by atoms with van der Waals surface area (Å²) in [5.74, 6) is 0.216. The molecule has 0 radical (unpaired) electrons. The Hall–Kier alpha value is -3.40. The van der Waals surface area contributed by atoms with E-state index in [0.717, 1.165) is 22.4 Å². The van der Waals surface area contributed by atoms with E-state index in [1.54, 1.807) is 6.07 Å². The average molecular weight is 345 g/mol. The second kappa shape index (κ2) is 6.84. The maximum Gasteiger partial charge on any atom is 0.256 e. The summed E-state index contributed by atoms with van der Waals surface area (Å²) in [5, 5.41) is 2.86. The summed E-state index contributed by atoms with van der Waals surface area (Å²) in [7, 11) is 0. The zero-order valence-corrected chi connectivity index (χ0v) is 13.9. The van der Waals surface area contributed by atoms with Gasteiger partial charge < -0.3 is 10.1 Å². The van der Waals surface area contributed by atoms with Gasteiger partial charge in [-0.1, -0.05) is 48.5 Å². The normalized spacial score (nSPS) is 14.2. The van der Waals surface area contributed by atoms with E-state index in [1.807, 2.05) is 60.7 Å². The van der Waals surface area contributed by atoms with Crippen LogP contribution in [0.4, 0.5) is 10.1 Å².